The van der Waals surface area contributed by atoms with Crippen LogP contribution in [0.25, 0.3) is 0 Å². The molecule has 0 aliphatic heterocycles. The van der Waals surface area contributed by atoms with Crippen molar-refractivity contribution in [2.45, 2.75) is 6.42 Å². The van der Waals surface area contributed by atoms with Gasteiger partial charge in [0.1, 0.15) is 0 Å². The van der Waals surface area contributed by atoms with E-state index in [2.05, 4.69) is 33.4 Å². The van der Waals surface area contributed by atoms with Crippen molar-refractivity contribution < 1.29 is 0 Å². The number of nitrogens with one attached hydrogen (secondary N) is 4. The monoisotopic (exact) mass is 282 g/mol. The van der Waals surface area contributed by atoms with E-state index in [-0.39, 0.29) is 0 Å². The predicted octanol–water partition coefficient (Wildman–Crippen LogP) is 1.24. The van der Waals surface area contributed by atoms with E-state index < -0.39 is 0 Å². The number of rotatable bonds is 4. The Hall–Kier alpha value is -1.40. The zero-order valence-corrected chi connectivity index (χ0v) is 12.2. The molecule has 6 heteroatoms. The molecule has 0 aromatic heterocycles. The molecule has 0 aliphatic carbocycles. The Morgan fingerprint density at radius 1 is 1.00 bits per heavy atom. The van der Waals surface area contributed by atoms with Crippen LogP contribution in [-0.4, -0.2) is 30.9 Å². The van der Waals surface area contributed by atoms with Crippen LogP contribution >= 0.6 is 24.4 Å². The highest BCUT2D eigenvalue weighted by Crippen LogP contribution is 2.09. The Morgan fingerprint density at radius 2 is 1.61 bits per heavy atom. The highest BCUT2D eigenvalue weighted by molar-refractivity contribution is 7.80. The molecule has 0 heterocycles. The zero-order chi connectivity index (χ0) is 13.4. The molecule has 4 nitrogen and oxygen atoms in total. The summed E-state index contributed by atoms with van der Waals surface area (Å²) in [6.07, 6.45) is 0.929. The largest absolute Gasteiger partial charge is 0.366 e. The highest BCUT2D eigenvalue weighted by Gasteiger charge is 1.97. The molecule has 0 radical (unpaired) electrons. The Labute approximate surface area is 119 Å². The SMILES string of the molecule is CNC(=S)NCCc1ccc(NC(=S)NC)cc1. The van der Waals surface area contributed by atoms with Gasteiger partial charge in [-0.2, -0.15) is 0 Å². The van der Waals surface area contributed by atoms with Crippen molar-refractivity contribution in [2.24, 2.45) is 0 Å². The summed E-state index contributed by atoms with van der Waals surface area (Å²) in [6.45, 7) is 0.821. The number of hydrogen-bond acceptors (Lipinski definition) is 2. The van der Waals surface area contributed by atoms with Crippen LogP contribution in [0.1, 0.15) is 5.56 Å². The first kappa shape index (κ1) is 14.7. The molecule has 0 spiro atoms. The second kappa shape index (κ2) is 7.84. The molecule has 1 aromatic rings. The van der Waals surface area contributed by atoms with Gasteiger partial charge in [-0.3, -0.25) is 0 Å². The third-order valence-electron chi connectivity index (χ3n) is 2.37. The van der Waals surface area contributed by atoms with Crippen molar-refractivity contribution in [1.82, 2.24) is 16.0 Å². The molecule has 1 aromatic carbocycles. The summed E-state index contributed by atoms with van der Waals surface area (Å²) < 4.78 is 0. The summed E-state index contributed by atoms with van der Waals surface area (Å²) >= 11 is 10.0. The molecule has 0 atom stereocenters. The molecule has 0 saturated carbocycles. The lowest BCUT2D eigenvalue weighted by molar-refractivity contribution is 0.851. The Morgan fingerprint density at radius 3 is 2.17 bits per heavy atom. The van der Waals surface area contributed by atoms with Gasteiger partial charge in [0.2, 0.25) is 0 Å². The minimum absolute atomic E-state index is 0.615. The average Bonchev–Trinajstić information content (AvgIpc) is 2.40. The van der Waals surface area contributed by atoms with E-state index >= 15 is 0 Å². The summed E-state index contributed by atoms with van der Waals surface area (Å²) in [5, 5.41) is 13.2. The lowest BCUT2D eigenvalue weighted by atomic mass is 10.1. The van der Waals surface area contributed by atoms with Gasteiger partial charge in [-0.15, -0.1) is 0 Å². The van der Waals surface area contributed by atoms with Gasteiger partial charge < -0.3 is 21.3 Å². The van der Waals surface area contributed by atoms with E-state index in [0.717, 1.165) is 18.7 Å². The summed E-state index contributed by atoms with van der Waals surface area (Å²) in [5.74, 6) is 0. The maximum Gasteiger partial charge on any atom is 0.170 e. The van der Waals surface area contributed by atoms with E-state index in [1.54, 1.807) is 14.1 Å². The Kier molecular flexibility index (Phi) is 6.38. The Bertz CT molecular complexity index is 403. The van der Waals surface area contributed by atoms with Gasteiger partial charge in [0.25, 0.3) is 0 Å². The maximum absolute atomic E-state index is 5.03. The molecule has 0 aliphatic rings. The first-order chi connectivity index (χ1) is 8.65. The van der Waals surface area contributed by atoms with Gasteiger partial charge in [-0.25, -0.2) is 0 Å². The number of thiocarbonyl (C=S) groups is 2. The third kappa shape index (κ3) is 5.29. The fourth-order valence-electron chi connectivity index (χ4n) is 1.36. The van der Waals surface area contributed by atoms with Crippen molar-refractivity contribution in [3.05, 3.63) is 29.8 Å². The average molecular weight is 282 g/mol. The van der Waals surface area contributed by atoms with Gasteiger partial charge in [0.15, 0.2) is 10.2 Å². The second-order valence-corrected chi connectivity index (χ2v) is 4.47. The van der Waals surface area contributed by atoms with Gasteiger partial charge in [0, 0.05) is 26.3 Å². The standard InChI is InChI=1S/C12H18N4S2/c1-13-11(17)15-8-7-9-3-5-10(6-4-9)16-12(18)14-2/h3-6H,7-8H2,1-2H3,(H2,13,15,17)(H2,14,16,18). The molecule has 18 heavy (non-hydrogen) atoms. The Balaban J connectivity index is 2.40. The van der Waals surface area contributed by atoms with Crippen molar-refractivity contribution in [1.29, 1.82) is 0 Å². The summed E-state index contributed by atoms with van der Waals surface area (Å²) in [5.41, 5.74) is 2.24. The zero-order valence-electron chi connectivity index (χ0n) is 10.5. The first-order valence-electron chi connectivity index (χ1n) is 5.69. The van der Waals surface area contributed by atoms with Gasteiger partial charge in [-0.05, 0) is 48.6 Å². The van der Waals surface area contributed by atoms with Crippen LogP contribution in [0.15, 0.2) is 24.3 Å². The van der Waals surface area contributed by atoms with Crippen LogP contribution in [0.5, 0.6) is 0 Å². The number of hydrogen-bond donors (Lipinski definition) is 4. The lowest BCUT2D eigenvalue weighted by Gasteiger charge is -2.09. The molecular formula is C12H18N4S2. The fourth-order valence-corrected chi connectivity index (χ4v) is 1.58. The topological polar surface area (TPSA) is 48.1 Å². The van der Waals surface area contributed by atoms with Crippen LogP contribution in [0.4, 0.5) is 5.69 Å². The van der Waals surface area contributed by atoms with Crippen molar-refractivity contribution in [2.75, 3.05) is 26.0 Å². The molecule has 0 amide bonds. The van der Waals surface area contributed by atoms with Gasteiger partial charge >= 0.3 is 0 Å². The molecule has 98 valence electrons. The number of benzene rings is 1. The molecule has 4 N–H and O–H groups in total. The minimum Gasteiger partial charge on any atom is -0.366 e. The fraction of sp³-hybridized carbons (Fsp3) is 0.333. The summed E-state index contributed by atoms with van der Waals surface area (Å²) in [4.78, 5) is 0. The van der Waals surface area contributed by atoms with Crippen molar-refractivity contribution in [3.63, 3.8) is 0 Å². The normalized spacial score (nSPS) is 9.44. The van der Waals surface area contributed by atoms with E-state index in [4.69, 9.17) is 24.4 Å². The molecule has 0 saturated heterocycles. The molecule has 1 rings (SSSR count). The van der Waals surface area contributed by atoms with E-state index in [1.165, 1.54) is 5.56 Å². The van der Waals surface area contributed by atoms with Crippen LogP contribution in [0, 0.1) is 0 Å². The van der Waals surface area contributed by atoms with Crippen molar-refractivity contribution in [3.8, 4) is 0 Å². The lowest BCUT2D eigenvalue weighted by Crippen LogP contribution is -2.33. The van der Waals surface area contributed by atoms with Crippen LogP contribution < -0.4 is 21.3 Å². The molecule has 0 fully saturated rings. The predicted molar refractivity (Wildman–Crippen MR) is 85.1 cm³/mol. The molecular weight excluding hydrogens is 264 g/mol. The van der Waals surface area contributed by atoms with E-state index in [9.17, 15) is 0 Å². The second-order valence-electron chi connectivity index (χ2n) is 3.66. The van der Waals surface area contributed by atoms with E-state index in [1.807, 2.05) is 12.1 Å². The third-order valence-corrected chi connectivity index (χ3v) is 3.02. The number of anilines is 1. The van der Waals surface area contributed by atoms with Crippen molar-refractivity contribution >= 4 is 40.3 Å². The molecule has 0 bridgehead atoms. The minimum atomic E-state index is 0.615. The highest BCUT2D eigenvalue weighted by atomic mass is 32.1. The van der Waals surface area contributed by atoms with Crippen LogP contribution in [-0.2, 0) is 6.42 Å². The van der Waals surface area contributed by atoms with Crippen LogP contribution in [0.3, 0.4) is 0 Å². The summed E-state index contributed by atoms with van der Waals surface area (Å²) in [6, 6.07) is 8.17. The quantitative estimate of drug-likeness (QED) is 0.624. The van der Waals surface area contributed by atoms with Crippen LogP contribution in [0.2, 0.25) is 0 Å². The maximum atomic E-state index is 5.03. The smallest absolute Gasteiger partial charge is 0.170 e. The molecule has 0 unspecified atom stereocenters. The first-order valence-corrected chi connectivity index (χ1v) is 6.50. The summed E-state index contributed by atoms with van der Waals surface area (Å²) in [7, 11) is 3.60. The van der Waals surface area contributed by atoms with E-state index in [0.29, 0.717) is 10.2 Å². The van der Waals surface area contributed by atoms with Gasteiger partial charge in [-0.1, -0.05) is 12.1 Å². The van der Waals surface area contributed by atoms with Gasteiger partial charge in [0.05, 0.1) is 0 Å².